The molecule has 3 aliphatic rings. The second kappa shape index (κ2) is 11.6. The Kier molecular flexibility index (Phi) is 7.05. The van der Waals surface area contributed by atoms with Crippen molar-refractivity contribution in [3.8, 4) is 44.5 Å². The van der Waals surface area contributed by atoms with Crippen LogP contribution >= 0.6 is 0 Å². The first-order chi connectivity index (χ1) is 27.2. The molecule has 1 aliphatic heterocycles. The summed E-state index contributed by atoms with van der Waals surface area (Å²) in [4.78, 5) is 0. The van der Waals surface area contributed by atoms with Gasteiger partial charge in [0.25, 0.3) is 0 Å². The maximum Gasteiger partial charge on any atom is 0.494 e. The Hall–Kier alpha value is -5.48. The predicted octanol–water partition coefficient (Wildman–Crippen LogP) is 13.4. The van der Waals surface area contributed by atoms with E-state index in [-0.39, 0.29) is 10.8 Å². The van der Waals surface area contributed by atoms with Crippen LogP contribution in [0.4, 0.5) is 0 Å². The molecule has 0 amide bonds. The fraction of sp³-hybridized carbons (Fsp3) is 0.222. The normalized spacial score (nSPS) is 17.9. The third kappa shape index (κ3) is 4.79. The van der Waals surface area contributed by atoms with Gasteiger partial charge in [0.1, 0.15) is 0 Å². The van der Waals surface area contributed by atoms with Gasteiger partial charge in [0.05, 0.1) is 11.2 Å². The molecule has 1 saturated heterocycles. The maximum absolute atomic E-state index is 6.66. The van der Waals surface area contributed by atoms with Gasteiger partial charge < -0.3 is 9.31 Å². The Bertz CT molecular complexity index is 3020. The minimum absolute atomic E-state index is 0.0836. The molecule has 0 bridgehead atoms. The number of fused-ring (bicyclic) bond motifs is 11. The monoisotopic (exact) mass is 738 g/mol. The van der Waals surface area contributed by atoms with Gasteiger partial charge in [-0.15, -0.1) is 0 Å². The summed E-state index contributed by atoms with van der Waals surface area (Å²) in [7, 11) is -0.460. The predicted molar refractivity (Wildman–Crippen MR) is 241 cm³/mol. The van der Waals surface area contributed by atoms with Crippen LogP contribution in [-0.2, 0) is 20.1 Å². The van der Waals surface area contributed by atoms with Crippen LogP contribution in [0, 0.1) is 0 Å². The lowest BCUT2D eigenvalue weighted by Crippen LogP contribution is -2.41. The lowest BCUT2D eigenvalue weighted by atomic mass is 9.76. The second-order valence-electron chi connectivity index (χ2n) is 18.7. The molecule has 57 heavy (non-hydrogen) atoms. The van der Waals surface area contributed by atoms with Gasteiger partial charge in [-0.2, -0.15) is 0 Å². The molecule has 0 aromatic heterocycles. The van der Waals surface area contributed by atoms with E-state index in [2.05, 4.69) is 195 Å². The molecule has 0 radical (unpaired) electrons. The van der Waals surface area contributed by atoms with Gasteiger partial charge in [-0.1, -0.05) is 143 Å². The van der Waals surface area contributed by atoms with Crippen molar-refractivity contribution >= 4 is 44.9 Å². The molecule has 0 N–H and O–H groups in total. The van der Waals surface area contributed by atoms with Crippen molar-refractivity contribution in [2.24, 2.45) is 0 Å². The van der Waals surface area contributed by atoms with Crippen LogP contribution in [0.25, 0.3) is 76.8 Å². The van der Waals surface area contributed by atoms with E-state index >= 15 is 0 Å². The highest BCUT2D eigenvalue weighted by Gasteiger charge is 2.51. The van der Waals surface area contributed by atoms with E-state index in [1.54, 1.807) is 0 Å². The van der Waals surface area contributed by atoms with Crippen LogP contribution < -0.4 is 5.46 Å². The van der Waals surface area contributed by atoms with Crippen molar-refractivity contribution in [3.63, 3.8) is 0 Å². The zero-order chi connectivity index (χ0) is 39.2. The lowest BCUT2D eigenvalue weighted by molar-refractivity contribution is 0.00578. The molecule has 2 nitrogen and oxygen atoms in total. The van der Waals surface area contributed by atoms with Crippen molar-refractivity contribution < 1.29 is 9.31 Å². The van der Waals surface area contributed by atoms with Crippen LogP contribution in [0.3, 0.4) is 0 Å². The highest BCUT2D eigenvalue weighted by atomic mass is 16.7. The van der Waals surface area contributed by atoms with E-state index in [9.17, 15) is 0 Å². The summed E-state index contributed by atoms with van der Waals surface area (Å²) in [5.41, 5.74) is 15.9. The molecule has 1 fully saturated rings. The van der Waals surface area contributed by atoms with Crippen molar-refractivity contribution in [3.05, 3.63) is 162 Å². The van der Waals surface area contributed by atoms with Gasteiger partial charge in [-0.25, -0.2) is 0 Å². The molecule has 2 aliphatic carbocycles. The molecule has 0 unspecified atom stereocenters. The first-order valence-electron chi connectivity index (χ1n) is 20.5. The molecule has 0 saturated carbocycles. The van der Waals surface area contributed by atoms with E-state index in [0.29, 0.717) is 0 Å². The van der Waals surface area contributed by atoms with Gasteiger partial charge in [-0.3, -0.25) is 0 Å². The minimum Gasteiger partial charge on any atom is -0.399 e. The van der Waals surface area contributed by atoms with Crippen LogP contribution in [0.5, 0.6) is 0 Å². The molecular weight excluding hydrogens is 691 g/mol. The second-order valence-corrected chi connectivity index (χ2v) is 18.7. The topological polar surface area (TPSA) is 18.5 Å². The highest BCUT2D eigenvalue weighted by molar-refractivity contribution is 6.62. The molecule has 8 aromatic rings. The smallest absolute Gasteiger partial charge is 0.399 e. The van der Waals surface area contributed by atoms with E-state index in [1.807, 2.05) is 0 Å². The minimum atomic E-state index is -0.460. The van der Waals surface area contributed by atoms with E-state index < -0.39 is 18.3 Å². The summed E-state index contributed by atoms with van der Waals surface area (Å²) in [5, 5.41) is 7.43. The van der Waals surface area contributed by atoms with E-state index in [1.165, 1.54) is 99.1 Å². The first kappa shape index (κ1) is 34.7. The first-order valence-corrected chi connectivity index (χ1v) is 20.5. The molecule has 8 aromatic carbocycles. The van der Waals surface area contributed by atoms with E-state index in [0.717, 1.165) is 5.46 Å². The summed E-state index contributed by atoms with van der Waals surface area (Å²) in [5.74, 6) is 0. The van der Waals surface area contributed by atoms with Crippen LogP contribution in [0.15, 0.2) is 140 Å². The third-order valence-electron chi connectivity index (χ3n) is 14.3. The quantitative estimate of drug-likeness (QED) is 0.133. The van der Waals surface area contributed by atoms with Crippen LogP contribution in [0.2, 0.25) is 0 Å². The average Bonchev–Trinajstić information content (AvgIpc) is 3.69. The Morgan fingerprint density at radius 1 is 0.333 bits per heavy atom. The van der Waals surface area contributed by atoms with Crippen molar-refractivity contribution in [1.82, 2.24) is 0 Å². The van der Waals surface area contributed by atoms with Crippen LogP contribution in [-0.4, -0.2) is 18.3 Å². The molecule has 3 heteroatoms. The molecule has 0 spiro atoms. The molecule has 11 rings (SSSR count). The summed E-state index contributed by atoms with van der Waals surface area (Å²) in [6.07, 6.45) is 0. The summed E-state index contributed by atoms with van der Waals surface area (Å²) in [6.45, 7) is 18.0. The Morgan fingerprint density at radius 3 is 1.30 bits per heavy atom. The largest absolute Gasteiger partial charge is 0.494 e. The molecule has 0 atom stereocenters. The number of benzene rings is 8. The molecular formula is C54H47BO2. The average molecular weight is 739 g/mol. The number of rotatable bonds is 3. The van der Waals surface area contributed by atoms with Gasteiger partial charge in [0.2, 0.25) is 0 Å². The van der Waals surface area contributed by atoms with Crippen molar-refractivity contribution in [2.45, 2.75) is 77.4 Å². The zero-order valence-corrected chi connectivity index (χ0v) is 34.2. The fourth-order valence-corrected chi connectivity index (χ4v) is 10.4. The Balaban J connectivity index is 1.17. The lowest BCUT2D eigenvalue weighted by Gasteiger charge is -2.32. The Labute approximate surface area is 336 Å². The van der Waals surface area contributed by atoms with Crippen molar-refractivity contribution in [2.75, 3.05) is 0 Å². The van der Waals surface area contributed by atoms with Crippen molar-refractivity contribution in [1.29, 1.82) is 0 Å². The van der Waals surface area contributed by atoms with Gasteiger partial charge in [0, 0.05) is 10.8 Å². The fourth-order valence-electron chi connectivity index (χ4n) is 10.4. The SMILES string of the molecule is CC1(C)c2ccccc2-c2ccc(-c3cc4c5cc(B6OC(C)(C)C(C)(C)O6)ccc5c(-c5ccc6c(c5)C(C)(C)c5ccccc5-6)cc4c4ccccc34)cc21. The summed E-state index contributed by atoms with van der Waals surface area (Å²) >= 11 is 0. The summed E-state index contributed by atoms with van der Waals surface area (Å²) < 4.78 is 13.3. The summed E-state index contributed by atoms with van der Waals surface area (Å²) in [6, 6.07) is 52.8. The van der Waals surface area contributed by atoms with E-state index in [4.69, 9.17) is 9.31 Å². The third-order valence-corrected chi connectivity index (χ3v) is 14.3. The number of hydrogen-bond acceptors (Lipinski definition) is 2. The maximum atomic E-state index is 6.66. The highest BCUT2D eigenvalue weighted by Crippen LogP contribution is 2.52. The van der Waals surface area contributed by atoms with Crippen LogP contribution in [0.1, 0.15) is 77.6 Å². The molecule has 278 valence electrons. The number of hydrogen-bond donors (Lipinski definition) is 0. The standard InChI is InChI=1S/C54H47BO2/c1-51(2)47-19-13-11-17-38(47)40-24-21-32(27-49(40)51)42-31-46-44-29-34(55-56-53(5,6)54(7,8)57-55)23-26-37(44)43(30-45(46)36-16-10-9-15-35(36)42)33-22-25-41-39-18-12-14-20-48(39)52(3,4)50(41)28-33/h9-31H,1-8H3. The van der Waals surface area contributed by atoms with Gasteiger partial charge >= 0.3 is 7.12 Å². The zero-order valence-electron chi connectivity index (χ0n) is 34.2. The molecule has 1 heterocycles. The Morgan fingerprint density at radius 2 is 0.754 bits per heavy atom. The van der Waals surface area contributed by atoms with Gasteiger partial charge in [0.15, 0.2) is 0 Å². The van der Waals surface area contributed by atoms with Gasteiger partial charge in [-0.05, 0) is 157 Å².